The number of carbonyl (C=O) groups is 4. The number of nitrogens with one attached hydrogen (secondary N) is 2. The first-order valence-corrected chi connectivity index (χ1v) is 13.1. The third-order valence-electron chi connectivity index (χ3n) is 5.89. The number of nitrogens with zero attached hydrogens (tertiary/aromatic N) is 1. The molecular formula is C29H25Cl2N3O6. The number of unbranched alkanes of at least 4 members (excludes halogenated alkanes) is 1. The summed E-state index contributed by atoms with van der Waals surface area (Å²) in [5.41, 5.74) is 1.29. The van der Waals surface area contributed by atoms with Crippen molar-refractivity contribution in [2.75, 3.05) is 29.3 Å². The molecule has 3 aromatic carbocycles. The zero-order valence-electron chi connectivity index (χ0n) is 21.6. The van der Waals surface area contributed by atoms with Crippen LogP contribution in [0.3, 0.4) is 0 Å². The molecular weight excluding hydrogens is 557 g/mol. The molecule has 0 saturated carbocycles. The zero-order valence-corrected chi connectivity index (χ0v) is 23.1. The molecule has 1 aliphatic heterocycles. The van der Waals surface area contributed by atoms with Crippen molar-refractivity contribution in [1.29, 1.82) is 0 Å². The normalized spacial score (nSPS) is 12.9. The molecule has 0 aliphatic carbocycles. The highest BCUT2D eigenvalue weighted by atomic mass is 35.5. The van der Waals surface area contributed by atoms with Crippen LogP contribution in [0.4, 0.5) is 17.1 Å². The van der Waals surface area contributed by atoms with Gasteiger partial charge >= 0.3 is 5.97 Å². The molecule has 0 aromatic heterocycles. The Balaban J connectivity index is 1.49. The van der Waals surface area contributed by atoms with Gasteiger partial charge in [0.15, 0.2) is 0 Å². The second kappa shape index (κ2) is 12.7. The van der Waals surface area contributed by atoms with Crippen LogP contribution in [0.5, 0.6) is 5.75 Å². The van der Waals surface area contributed by atoms with Crippen molar-refractivity contribution in [3.05, 3.63) is 93.6 Å². The van der Waals surface area contributed by atoms with E-state index in [1.807, 2.05) is 6.92 Å². The maximum absolute atomic E-state index is 13.2. The van der Waals surface area contributed by atoms with Crippen LogP contribution in [0.2, 0.25) is 5.02 Å². The Labute approximate surface area is 240 Å². The summed E-state index contributed by atoms with van der Waals surface area (Å²) >= 11 is 12.3. The van der Waals surface area contributed by atoms with E-state index in [0.29, 0.717) is 28.6 Å². The van der Waals surface area contributed by atoms with Crippen LogP contribution in [0, 0.1) is 0 Å². The van der Waals surface area contributed by atoms with E-state index >= 15 is 0 Å². The first-order valence-electron chi connectivity index (χ1n) is 12.3. The number of imide groups is 1. The average Bonchev–Trinajstić information content (AvgIpc) is 3.16. The molecule has 3 aromatic rings. The number of ether oxygens (including phenoxy) is 2. The van der Waals surface area contributed by atoms with Gasteiger partial charge in [-0.05, 0) is 61.0 Å². The molecule has 0 saturated heterocycles. The Morgan fingerprint density at radius 3 is 2.33 bits per heavy atom. The standard InChI is InChI=1S/C29H25Cl2N3O6/c1-3-4-13-40-29(38)18-8-6-10-21(15-18)33-26(35)17-7-5-9-20(14-17)32-25-24(31)27(36)34(28(25)37)22-16-19(30)11-12-23(22)39-2/h5-12,14-16,32H,3-4,13H2,1-2H3,(H,33,35). The van der Waals surface area contributed by atoms with Crippen molar-refractivity contribution in [2.45, 2.75) is 19.8 Å². The van der Waals surface area contributed by atoms with Gasteiger partial charge in [0.05, 0.1) is 25.0 Å². The van der Waals surface area contributed by atoms with Crippen molar-refractivity contribution in [3.63, 3.8) is 0 Å². The number of amides is 3. The molecule has 1 aliphatic rings. The SMILES string of the molecule is CCCCOC(=O)c1cccc(NC(=O)c2cccc(NC3=C(Cl)C(=O)N(c4cc(Cl)ccc4OC)C3=O)c2)c1. The van der Waals surface area contributed by atoms with Gasteiger partial charge in [-0.25, -0.2) is 9.69 Å². The van der Waals surface area contributed by atoms with Gasteiger partial charge in [0.25, 0.3) is 17.7 Å². The van der Waals surface area contributed by atoms with E-state index in [1.54, 1.807) is 42.5 Å². The van der Waals surface area contributed by atoms with Gasteiger partial charge in [-0.1, -0.05) is 48.7 Å². The third kappa shape index (κ3) is 6.27. The fourth-order valence-electron chi connectivity index (χ4n) is 3.87. The van der Waals surface area contributed by atoms with Gasteiger partial charge in [0.2, 0.25) is 0 Å². The Morgan fingerprint density at radius 1 is 0.900 bits per heavy atom. The molecule has 0 fully saturated rings. The summed E-state index contributed by atoms with van der Waals surface area (Å²) in [4.78, 5) is 52.2. The molecule has 0 spiro atoms. The van der Waals surface area contributed by atoms with E-state index in [-0.39, 0.29) is 27.7 Å². The van der Waals surface area contributed by atoms with Crippen molar-refractivity contribution < 1.29 is 28.7 Å². The summed E-state index contributed by atoms with van der Waals surface area (Å²) < 4.78 is 10.5. The highest BCUT2D eigenvalue weighted by Crippen LogP contribution is 2.37. The largest absolute Gasteiger partial charge is 0.495 e. The van der Waals surface area contributed by atoms with E-state index in [4.69, 9.17) is 32.7 Å². The number of carbonyl (C=O) groups excluding carboxylic acids is 4. The highest BCUT2D eigenvalue weighted by molar-refractivity contribution is 6.53. The maximum atomic E-state index is 13.2. The number of benzene rings is 3. The number of halogens is 2. The minimum absolute atomic E-state index is 0.143. The summed E-state index contributed by atoms with van der Waals surface area (Å²) in [6.45, 7) is 2.32. The van der Waals surface area contributed by atoms with Crippen molar-refractivity contribution in [2.24, 2.45) is 0 Å². The number of hydrogen-bond donors (Lipinski definition) is 2. The molecule has 206 valence electrons. The van der Waals surface area contributed by atoms with Crippen LogP contribution in [0.15, 0.2) is 77.5 Å². The average molecular weight is 582 g/mol. The van der Waals surface area contributed by atoms with Crippen LogP contribution in [0.1, 0.15) is 40.5 Å². The number of hydrogen-bond acceptors (Lipinski definition) is 7. The minimum atomic E-state index is -0.753. The van der Waals surface area contributed by atoms with Gasteiger partial charge in [0.1, 0.15) is 16.5 Å². The summed E-state index contributed by atoms with van der Waals surface area (Å²) in [6.07, 6.45) is 1.67. The van der Waals surface area contributed by atoms with Gasteiger partial charge in [-0.3, -0.25) is 14.4 Å². The van der Waals surface area contributed by atoms with E-state index in [2.05, 4.69) is 10.6 Å². The highest BCUT2D eigenvalue weighted by Gasteiger charge is 2.40. The molecule has 4 rings (SSSR count). The first kappa shape index (κ1) is 28.7. The fraction of sp³-hybridized carbons (Fsp3) is 0.172. The summed E-state index contributed by atoms with van der Waals surface area (Å²) in [5.74, 6) is -2.14. The number of anilines is 3. The van der Waals surface area contributed by atoms with Gasteiger partial charge < -0.3 is 20.1 Å². The number of esters is 1. The molecule has 0 unspecified atom stereocenters. The van der Waals surface area contributed by atoms with Crippen molar-refractivity contribution in [1.82, 2.24) is 0 Å². The van der Waals surface area contributed by atoms with E-state index < -0.39 is 23.7 Å². The van der Waals surface area contributed by atoms with Crippen LogP contribution in [-0.4, -0.2) is 37.4 Å². The molecule has 0 bridgehead atoms. The first-order chi connectivity index (χ1) is 19.2. The van der Waals surface area contributed by atoms with E-state index in [1.165, 1.54) is 31.4 Å². The Kier molecular flexibility index (Phi) is 9.08. The van der Waals surface area contributed by atoms with Gasteiger partial charge in [0, 0.05) is 22.0 Å². The predicted molar refractivity (Wildman–Crippen MR) is 153 cm³/mol. The smallest absolute Gasteiger partial charge is 0.338 e. The van der Waals surface area contributed by atoms with Crippen molar-refractivity contribution >= 4 is 64.0 Å². The fourth-order valence-corrected chi connectivity index (χ4v) is 4.25. The lowest BCUT2D eigenvalue weighted by molar-refractivity contribution is -0.120. The van der Waals surface area contributed by atoms with Gasteiger partial charge in [-0.15, -0.1) is 0 Å². The molecule has 0 radical (unpaired) electrons. The summed E-state index contributed by atoms with van der Waals surface area (Å²) in [6, 6.07) is 17.2. The molecule has 40 heavy (non-hydrogen) atoms. The minimum Gasteiger partial charge on any atom is -0.495 e. The monoisotopic (exact) mass is 581 g/mol. The number of rotatable bonds is 10. The van der Waals surface area contributed by atoms with Crippen LogP contribution in [0.25, 0.3) is 0 Å². The summed E-state index contributed by atoms with van der Waals surface area (Å²) in [7, 11) is 1.40. The van der Waals surface area contributed by atoms with E-state index in [0.717, 1.165) is 17.7 Å². The topological polar surface area (TPSA) is 114 Å². The molecule has 0 atom stereocenters. The Morgan fingerprint density at radius 2 is 1.60 bits per heavy atom. The lowest BCUT2D eigenvalue weighted by Crippen LogP contribution is -2.32. The van der Waals surface area contributed by atoms with Gasteiger partial charge in [-0.2, -0.15) is 0 Å². The van der Waals surface area contributed by atoms with E-state index in [9.17, 15) is 19.2 Å². The lowest BCUT2D eigenvalue weighted by atomic mass is 10.1. The third-order valence-corrected chi connectivity index (χ3v) is 6.48. The zero-order chi connectivity index (χ0) is 28.8. The van der Waals surface area contributed by atoms with Crippen molar-refractivity contribution in [3.8, 4) is 5.75 Å². The quantitative estimate of drug-likeness (QED) is 0.171. The second-order valence-corrected chi connectivity index (χ2v) is 9.50. The second-order valence-electron chi connectivity index (χ2n) is 8.68. The van der Waals surface area contributed by atoms with Crippen LogP contribution >= 0.6 is 23.2 Å². The molecule has 2 N–H and O–H groups in total. The Hall–Kier alpha value is -4.34. The molecule has 11 heteroatoms. The molecule has 1 heterocycles. The molecule has 9 nitrogen and oxygen atoms in total. The molecule has 3 amide bonds. The van der Waals surface area contributed by atoms with Crippen LogP contribution in [-0.2, 0) is 14.3 Å². The lowest BCUT2D eigenvalue weighted by Gasteiger charge is -2.18. The van der Waals surface area contributed by atoms with Crippen LogP contribution < -0.4 is 20.3 Å². The maximum Gasteiger partial charge on any atom is 0.338 e. The predicted octanol–water partition coefficient (Wildman–Crippen LogP) is 5.99. The Bertz CT molecular complexity index is 1520. The number of methoxy groups -OCH3 is 1. The summed E-state index contributed by atoms with van der Waals surface area (Å²) in [5, 5.41) is 5.56.